The summed E-state index contributed by atoms with van der Waals surface area (Å²) in [6.45, 7) is 3.39. The first-order valence-electron chi connectivity index (χ1n) is 9.66. The number of rotatable bonds is 7. The fourth-order valence-electron chi connectivity index (χ4n) is 3.55. The molecule has 8 heteroatoms. The molecule has 3 N–H and O–H groups in total. The van der Waals surface area contributed by atoms with Crippen molar-refractivity contribution >= 4 is 15.9 Å². The Balaban J connectivity index is 1.74. The topological polar surface area (TPSA) is 102 Å². The first kappa shape index (κ1) is 21.3. The number of carbonyl (C=O) groups is 1. The number of nitrogens with one attached hydrogen (secondary N) is 1. The normalized spacial score (nSPS) is 15.1. The molecule has 1 heterocycles. The number of primary sulfonamides is 1. The molecule has 0 radical (unpaired) electrons. The Bertz CT molecular complexity index is 970. The number of methoxy groups -OCH3 is 1. The van der Waals surface area contributed by atoms with Gasteiger partial charge in [-0.05, 0) is 55.3 Å². The van der Waals surface area contributed by atoms with Gasteiger partial charge in [0.15, 0.2) is 0 Å². The van der Waals surface area contributed by atoms with Gasteiger partial charge in [0.2, 0.25) is 10.0 Å². The smallest absolute Gasteiger partial charge is 0.255 e. The van der Waals surface area contributed by atoms with Crippen molar-refractivity contribution in [2.75, 3.05) is 20.2 Å². The largest absolute Gasteiger partial charge is 0.496 e. The van der Waals surface area contributed by atoms with Crippen LogP contribution in [-0.2, 0) is 23.1 Å². The predicted molar refractivity (Wildman–Crippen MR) is 111 cm³/mol. The SMILES string of the molecule is COc1ccc(S(N)(=O)=O)cc1C(=O)NCc1ccccc1CN1CCCCC1. The van der Waals surface area contributed by atoms with E-state index in [0.29, 0.717) is 6.54 Å². The van der Waals surface area contributed by atoms with Crippen LogP contribution in [-0.4, -0.2) is 39.4 Å². The fourth-order valence-corrected chi connectivity index (χ4v) is 4.09. The number of amides is 1. The fraction of sp³-hybridized carbons (Fsp3) is 0.381. The monoisotopic (exact) mass is 417 g/mol. The summed E-state index contributed by atoms with van der Waals surface area (Å²) in [5.74, 6) is -0.128. The second-order valence-electron chi connectivity index (χ2n) is 7.20. The number of sulfonamides is 1. The molecule has 2 aromatic rings. The average Bonchev–Trinajstić information content (AvgIpc) is 2.72. The van der Waals surface area contributed by atoms with E-state index in [1.807, 2.05) is 18.2 Å². The molecule has 1 aliphatic heterocycles. The van der Waals surface area contributed by atoms with Gasteiger partial charge in [-0.25, -0.2) is 13.6 Å². The lowest BCUT2D eigenvalue weighted by molar-refractivity contribution is 0.0947. The number of carbonyl (C=O) groups excluding carboxylic acids is 1. The van der Waals surface area contributed by atoms with E-state index in [1.165, 1.54) is 50.1 Å². The highest BCUT2D eigenvalue weighted by Gasteiger charge is 2.18. The second-order valence-corrected chi connectivity index (χ2v) is 8.76. The molecule has 1 amide bonds. The highest BCUT2D eigenvalue weighted by atomic mass is 32.2. The maximum atomic E-state index is 12.7. The van der Waals surface area contributed by atoms with Gasteiger partial charge >= 0.3 is 0 Å². The van der Waals surface area contributed by atoms with Crippen LogP contribution in [0.5, 0.6) is 5.75 Å². The van der Waals surface area contributed by atoms with E-state index in [0.717, 1.165) is 25.2 Å². The second kappa shape index (κ2) is 9.39. The maximum Gasteiger partial charge on any atom is 0.255 e. The molecule has 1 saturated heterocycles. The third kappa shape index (κ3) is 5.56. The Morgan fingerprint density at radius 2 is 1.79 bits per heavy atom. The first-order chi connectivity index (χ1) is 13.9. The van der Waals surface area contributed by atoms with E-state index < -0.39 is 15.9 Å². The van der Waals surface area contributed by atoms with Crippen LogP contribution in [0.1, 0.15) is 40.7 Å². The number of ether oxygens (including phenoxy) is 1. The molecule has 0 aromatic heterocycles. The Morgan fingerprint density at radius 3 is 2.45 bits per heavy atom. The molecular formula is C21H27N3O4S. The van der Waals surface area contributed by atoms with Crippen molar-refractivity contribution in [3.63, 3.8) is 0 Å². The summed E-state index contributed by atoms with van der Waals surface area (Å²) in [4.78, 5) is 15.0. The van der Waals surface area contributed by atoms with Crippen LogP contribution in [0.25, 0.3) is 0 Å². The van der Waals surface area contributed by atoms with Crippen LogP contribution >= 0.6 is 0 Å². The highest BCUT2D eigenvalue weighted by Crippen LogP contribution is 2.22. The van der Waals surface area contributed by atoms with E-state index in [-0.39, 0.29) is 16.2 Å². The van der Waals surface area contributed by atoms with Gasteiger partial charge in [0, 0.05) is 13.1 Å². The molecule has 0 bridgehead atoms. The molecule has 1 aliphatic rings. The van der Waals surface area contributed by atoms with E-state index in [4.69, 9.17) is 9.88 Å². The van der Waals surface area contributed by atoms with Crippen molar-refractivity contribution in [1.29, 1.82) is 0 Å². The van der Waals surface area contributed by atoms with Crippen LogP contribution in [0.15, 0.2) is 47.4 Å². The Kier molecular flexibility index (Phi) is 6.89. The highest BCUT2D eigenvalue weighted by molar-refractivity contribution is 7.89. The van der Waals surface area contributed by atoms with Crippen LogP contribution in [0.2, 0.25) is 0 Å². The van der Waals surface area contributed by atoms with Gasteiger partial charge in [0.25, 0.3) is 5.91 Å². The van der Waals surface area contributed by atoms with Crippen LogP contribution in [0.4, 0.5) is 0 Å². The number of benzene rings is 2. The third-order valence-corrected chi connectivity index (χ3v) is 6.06. The molecule has 0 aliphatic carbocycles. The Morgan fingerprint density at radius 1 is 1.10 bits per heavy atom. The van der Waals surface area contributed by atoms with Gasteiger partial charge in [-0.2, -0.15) is 0 Å². The van der Waals surface area contributed by atoms with Gasteiger partial charge in [0.1, 0.15) is 5.75 Å². The molecule has 0 saturated carbocycles. The van der Waals surface area contributed by atoms with Crippen LogP contribution < -0.4 is 15.2 Å². The van der Waals surface area contributed by atoms with E-state index in [2.05, 4.69) is 16.3 Å². The zero-order valence-corrected chi connectivity index (χ0v) is 17.4. The van der Waals surface area contributed by atoms with Gasteiger partial charge < -0.3 is 10.1 Å². The van der Waals surface area contributed by atoms with Crippen LogP contribution in [0.3, 0.4) is 0 Å². The summed E-state index contributed by atoms with van der Waals surface area (Å²) in [6.07, 6.45) is 3.73. The molecule has 0 atom stereocenters. The minimum absolute atomic E-state index is 0.131. The summed E-state index contributed by atoms with van der Waals surface area (Å²) >= 11 is 0. The zero-order valence-electron chi connectivity index (χ0n) is 16.6. The van der Waals surface area contributed by atoms with E-state index in [1.54, 1.807) is 0 Å². The van der Waals surface area contributed by atoms with E-state index >= 15 is 0 Å². The number of nitrogens with two attached hydrogens (primary N) is 1. The minimum atomic E-state index is -3.92. The van der Waals surface area contributed by atoms with Crippen molar-refractivity contribution in [3.8, 4) is 5.75 Å². The summed E-state index contributed by atoms with van der Waals surface area (Å²) in [5, 5.41) is 8.06. The number of piperidine rings is 1. The third-order valence-electron chi connectivity index (χ3n) is 5.14. The molecule has 0 spiro atoms. The molecule has 2 aromatic carbocycles. The van der Waals surface area contributed by atoms with Crippen molar-refractivity contribution in [2.24, 2.45) is 5.14 Å². The van der Waals surface area contributed by atoms with Crippen molar-refractivity contribution in [2.45, 2.75) is 37.2 Å². The number of hydrogen-bond donors (Lipinski definition) is 2. The van der Waals surface area contributed by atoms with Gasteiger partial charge in [0.05, 0.1) is 17.6 Å². The molecule has 0 unspecified atom stereocenters. The van der Waals surface area contributed by atoms with Gasteiger partial charge in [-0.1, -0.05) is 30.7 Å². The lowest BCUT2D eigenvalue weighted by Crippen LogP contribution is -2.30. The zero-order chi connectivity index (χ0) is 20.9. The molecule has 29 heavy (non-hydrogen) atoms. The number of likely N-dealkylation sites (tertiary alicyclic amines) is 1. The average molecular weight is 418 g/mol. The Labute approximate surface area is 171 Å². The first-order valence-corrected chi connectivity index (χ1v) is 11.2. The van der Waals surface area contributed by atoms with E-state index in [9.17, 15) is 13.2 Å². The number of hydrogen-bond acceptors (Lipinski definition) is 5. The molecule has 1 fully saturated rings. The van der Waals surface area contributed by atoms with Crippen molar-refractivity contribution < 1.29 is 17.9 Å². The molecule has 156 valence electrons. The standard InChI is InChI=1S/C21H27N3O4S/c1-28-20-10-9-18(29(22,26)27)13-19(20)21(25)23-14-16-7-3-4-8-17(16)15-24-11-5-2-6-12-24/h3-4,7-10,13H,2,5-6,11-12,14-15H2,1H3,(H,23,25)(H2,22,26,27). The minimum Gasteiger partial charge on any atom is -0.496 e. The molecular weight excluding hydrogens is 390 g/mol. The van der Waals surface area contributed by atoms with Crippen LogP contribution in [0, 0.1) is 0 Å². The van der Waals surface area contributed by atoms with Crippen molar-refractivity contribution in [3.05, 3.63) is 59.2 Å². The summed E-state index contributed by atoms with van der Waals surface area (Å²) < 4.78 is 28.4. The summed E-state index contributed by atoms with van der Waals surface area (Å²) in [6, 6.07) is 12.0. The maximum absolute atomic E-state index is 12.7. The lowest BCUT2D eigenvalue weighted by Gasteiger charge is -2.27. The quantitative estimate of drug-likeness (QED) is 0.720. The Hall–Kier alpha value is -2.42. The van der Waals surface area contributed by atoms with Crippen molar-refractivity contribution in [1.82, 2.24) is 10.2 Å². The van der Waals surface area contributed by atoms with Gasteiger partial charge in [-0.3, -0.25) is 9.69 Å². The summed E-state index contributed by atoms with van der Waals surface area (Å²) in [7, 11) is -2.49. The lowest BCUT2D eigenvalue weighted by atomic mass is 10.0. The van der Waals surface area contributed by atoms with Gasteiger partial charge in [-0.15, -0.1) is 0 Å². The summed E-state index contributed by atoms with van der Waals surface area (Å²) in [5.41, 5.74) is 2.35. The number of nitrogens with zero attached hydrogens (tertiary/aromatic N) is 1. The molecule has 3 rings (SSSR count). The predicted octanol–water partition coefficient (Wildman–Crippen LogP) is 2.26. The molecule has 7 nitrogen and oxygen atoms in total.